The Kier molecular flexibility index (Phi) is 7.37. The number of hydrogen-bond acceptors (Lipinski definition) is 8. The van der Waals surface area contributed by atoms with E-state index < -0.39 is 0 Å². The number of hydrogen-bond donors (Lipinski definition) is 1. The molecule has 0 spiro atoms. The van der Waals surface area contributed by atoms with Crippen LogP contribution in [-0.2, 0) is 6.54 Å². The minimum atomic E-state index is -0.367. The largest absolute Gasteiger partial charge is 0.496 e. The standard InChI is InChI=1S/C26H25N5O4/c1-33-21-9-5-4-7-19(21)11-13-24(32)31-26(29-25(30-31)20-8-6-14-27-17-20)28-16-18-10-12-22(34-2)23(15-18)35-3/h4-15,17H,16H2,1-3H3,(H,28,29,30)/b13-11+. The predicted octanol–water partition coefficient (Wildman–Crippen LogP) is 4.33. The highest BCUT2D eigenvalue weighted by molar-refractivity contribution is 5.95. The number of carbonyl (C=O) groups is 1. The third kappa shape index (κ3) is 5.47. The molecule has 0 saturated heterocycles. The van der Waals surface area contributed by atoms with Crippen molar-refractivity contribution >= 4 is 17.9 Å². The Balaban J connectivity index is 1.62. The fraction of sp³-hybridized carbons (Fsp3) is 0.154. The molecule has 0 aliphatic carbocycles. The lowest BCUT2D eigenvalue weighted by molar-refractivity contribution is 0.0957. The first-order valence-corrected chi connectivity index (χ1v) is 10.8. The van der Waals surface area contributed by atoms with Crippen LogP contribution in [-0.4, -0.2) is 47.0 Å². The van der Waals surface area contributed by atoms with Crippen molar-refractivity contribution in [2.75, 3.05) is 26.6 Å². The van der Waals surface area contributed by atoms with Gasteiger partial charge in [-0.05, 0) is 42.0 Å². The smallest absolute Gasteiger partial charge is 0.274 e. The van der Waals surface area contributed by atoms with Gasteiger partial charge in [0, 0.05) is 36.1 Å². The Labute approximate surface area is 203 Å². The zero-order chi connectivity index (χ0) is 24.6. The van der Waals surface area contributed by atoms with E-state index in [2.05, 4.69) is 20.4 Å². The van der Waals surface area contributed by atoms with Crippen molar-refractivity contribution in [3.8, 4) is 28.6 Å². The molecule has 0 fully saturated rings. The van der Waals surface area contributed by atoms with Gasteiger partial charge in [0.15, 0.2) is 17.3 Å². The first-order valence-electron chi connectivity index (χ1n) is 10.8. The topological polar surface area (TPSA) is 100 Å². The summed E-state index contributed by atoms with van der Waals surface area (Å²) in [5, 5.41) is 7.64. The maximum absolute atomic E-state index is 13.1. The summed E-state index contributed by atoms with van der Waals surface area (Å²) in [4.78, 5) is 21.8. The van der Waals surface area contributed by atoms with Crippen molar-refractivity contribution in [1.82, 2.24) is 19.7 Å². The van der Waals surface area contributed by atoms with Gasteiger partial charge < -0.3 is 19.5 Å². The van der Waals surface area contributed by atoms with Gasteiger partial charge >= 0.3 is 0 Å². The fourth-order valence-corrected chi connectivity index (χ4v) is 3.40. The Morgan fingerprint density at radius 1 is 0.971 bits per heavy atom. The zero-order valence-corrected chi connectivity index (χ0v) is 19.6. The number of anilines is 1. The molecule has 9 nitrogen and oxygen atoms in total. The van der Waals surface area contributed by atoms with Gasteiger partial charge in [0.2, 0.25) is 5.95 Å². The molecule has 4 rings (SSSR count). The highest BCUT2D eigenvalue weighted by Gasteiger charge is 2.16. The molecule has 178 valence electrons. The molecular formula is C26H25N5O4. The normalized spacial score (nSPS) is 10.8. The van der Waals surface area contributed by atoms with Gasteiger partial charge in [-0.3, -0.25) is 9.78 Å². The van der Waals surface area contributed by atoms with Crippen LogP contribution in [0, 0.1) is 0 Å². The third-order valence-corrected chi connectivity index (χ3v) is 5.18. The van der Waals surface area contributed by atoms with Gasteiger partial charge in [-0.15, -0.1) is 5.10 Å². The number of carbonyl (C=O) groups excluding carboxylic acids is 1. The number of nitrogens with zero attached hydrogens (tertiary/aromatic N) is 4. The number of allylic oxidation sites excluding steroid dienone is 1. The summed E-state index contributed by atoms with van der Waals surface area (Å²) in [6.45, 7) is 0.384. The van der Waals surface area contributed by atoms with E-state index in [0.717, 1.165) is 11.1 Å². The number of methoxy groups -OCH3 is 3. The molecule has 2 heterocycles. The van der Waals surface area contributed by atoms with Crippen molar-refractivity contribution < 1.29 is 19.0 Å². The molecule has 0 radical (unpaired) electrons. The van der Waals surface area contributed by atoms with E-state index in [1.165, 1.54) is 10.8 Å². The highest BCUT2D eigenvalue weighted by atomic mass is 16.5. The SMILES string of the molecule is COc1ccccc1/C=C/C(=O)n1nc(-c2cccnc2)nc1NCc1ccc(OC)c(OC)c1. The number of aromatic nitrogens is 4. The molecule has 4 aromatic rings. The number of benzene rings is 2. The Hall–Kier alpha value is -4.66. The molecule has 0 saturated carbocycles. The van der Waals surface area contributed by atoms with Crippen LogP contribution in [0.15, 0.2) is 73.1 Å². The van der Waals surface area contributed by atoms with Gasteiger partial charge in [-0.1, -0.05) is 24.3 Å². The lowest BCUT2D eigenvalue weighted by Gasteiger charge is -2.10. The summed E-state index contributed by atoms with van der Waals surface area (Å²) in [6, 6.07) is 16.6. The summed E-state index contributed by atoms with van der Waals surface area (Å²) in [6.07, 6.45) is 6.43. The Morgan fingerprint density at radius 2 is 1.77 bits per heavy atom. The molecule has 0 bridgehead atoms. The monoisotopic (exact) mass is 471 g/mol. The van der Waals surface area contributed by atoms with Crippen LogP contribution < -0.4 is 19.5 Å². The first kappa shape index (κ1) is 23.5. The molecule has 1 N–H and O–H groups in total. The number of nitrogens with one attached hydrogen (secondary N) is 1. The molecule has 2 aromatic heterocycles. The summed E-state index contributed by atoms with van der Waals surface area (Å²) < 4.78 is 17.3. The van der Waals surface area contributed by atoms with E-state index >= 15 is 0 Å². The van der Waals surface area contributed by atoms with Gasteiger partial charge in [-0.2, -0.15) is 9.67 Å². The first-order chi connectivity index (χ1) is 17.1. The average Bonchev–Trinajstić information content (AvgIpc) is 3.35. The number of para-hydroxylation sites is 1. The van der Waals surface area contributed by atoms with Crippen LogP contribution in [0.5, 0.6) is 17.2 Å². The third-order valence-electron chi connectivity index (χ3n) is 5.18. The fourth-order valence-electron chi connectivity index (χ4n) is 3.40. The van der Waals surface area contributed by atoms with E-state index in [1.54, 1.807) is 45.9 Å². The second-order valence-electron chi connectivity index (χ2n) is 7.37. The predicted molar refractivity (Wildman–Crippen MR) is 133 cm³/mol. The molecule has 0 atom stereocenters. The van der Waals surface area contributed by atoms with Crippen LogP contribution in [0.25, 0.3) is 17.5 Å². The van der Waals surface area contributed by atoms with Gasteiger partial charge in [0.05, 0.1) is 21.3 Å². The van der Waals surface area contributed by atoms with Crippen LogP contribution in [0.2, 0.25) is 0 Å². The highest BCUT2D eigenvalue weighted by Crippen LogP contribution is 2.28. The maximum Gasteiger partial charge on any atom is 0.274 e. The second-order valence-corrected chi connectivity index (χ2v) is 7.37. The summed E-state index contributed by atoms with van der Waals surface area (Å²) in [5.41, 5.74) is 2.38. The van der Waals surface area contributed by atoms with Gasteiger partial charge in [-0.25, -0.2) is 0 Å². The summed E-state index contributed by atoms with van der Waals surface area (Å²) >= 11 is 0. The van der Waals surface area contributed by atoms with E-state index in [4.69, 9.17) is 14.2 Å². The van der Waals surface area contributed by atoms with Crippen LogP contribution in [0.3, 0.4) is 0 Å². The molecular weight excluding hydrogens is 446 g/mol. The number of pyridine rings is 1. The van der Waals surface area contributed by atoms with Crippen LogP contribution in [0.4, 0.5) is 5.95 Å². The van der Waals surface area contributed by atoms with E-state index in [9.17, 15) is 4.79 Å². The van der Waals surface area contributed by atoms with Crippen molar-refractivity contribution in [2.45, 2.75) is 6.54 Å². The van der Waals surface area contributed by atoms with E-state index in [1.807, 2.05) is 48.5 Å². The van der Waals surface area contributed by atoms with Gasteiger partial charge in [0.25, 0.3) is 5.91 Å². The van der Waals surface area contributed by atoms with E-state index in [0.29, 0.717) is 41.1 Å². The van der Waals surface area contributed by atoms with Crippen molar-refractivity contribution in [2.24, 2.45) is 0 Å². The van der Waals surface area contributed by atoms with E-state index in [-0.39, 0.29) is 5.91 Å². The molecule has 35 heavy (non-hydrogen) atoms. The van der Waals surface area contributed by atoms with Crippen LogP contribution >= 0.6 is 0 Å². The van der Waals surface area contributed by atoms with Crippen molar-refractivity contribution in [1.29, 1.82) is 0 Å². The van der Waals surface area contributed by atoms with Crippen molar-refractivity contribution in [3.05, 3.63) is 84.2 Å². The quantitative estimate of drug-likeness (QED) is 0.360. The molecule has 2 aromatic carbocycles. The molecule has 0 aliphatic heterocycles. The zero-order valence-electron chi connectivity index (χ0n) is 19.6. The maximum atomic E-state index is 13.1. The summed E-state index contributed by atoms with van der Waals surface area (Å²) in [5.74, 6) is 2.22. The Morgan fingerprint density at radius 3 is 2.51 bits per heavy atom. The second kappa shape index (κ2) is 11.0. The molecule has 0 unspecified atom stereocenters. The number of ether oxygens (including phenoxy) is 3. The van der Waals surface area contributed by atoms with Crippen LogP contribution in [0.1, 0.15) is 15.9 Å². The number of rotatable bonds is 9. The Bertz CT molecular complexity index is 1330. The average molecular weight is 472 g/mol. The minimum Gasteiger partial charge on any atom is -0.496 e. The van der Waals surface area contributed by atoms with Crippen molar-refractivity contribution in [3.63, 3.8) is 0 Å². The lowest BCUT2D eigenvalue weighted by atomic mass is 10.2. The molecule has 0 amide bonds. The summed E-state index contributed by atoms with van der Waals surface area (Å²) in [7, 11) is 4.75. The minimum absolute atomic E-state index is 0.299. The lowest BCUT2D eigenvalue weighted by Crippen LogP contribution is -2.14. The molecule has 9 heteroatoms. The molecule has 0 aliphatic rings. The van der Waals surface area contributed by atoms with Gasteiger partial charge in [0.1, 0.15) is 5.75 Å².